The van der Waals surface area contributed by atoms with E-state index in [4.69, 9.17) is 9.47 Å². The maximum atomic E-state index is 6.05. The number of benzene rings is 17. The molecular weight excluding hydrogens is 1760 g/mol. The number of fused-ring (bicyclic) bond motifs is 14. The first-order valence-corrected chi connectivity index (χ1v) is 51.9. The second-order valence-electron chi connectivity index (χ2n) is 41.0. The summed E-state index contributed by atoms with van der Waals surface area (Å²) >= 11 is 1.86. The molecule has 0 atom stereocenters. The smallest absolute Gasteiger partial charge is 0.151 e. The van der Waals surface area contributed by atoms with E-state index in [9.17, 15) is 0 Å². The maximum Gasteiger partial charge on any atom is 0.151 e. The number of rotatable bonds is 10. The van der Waals surface area contributed by atoms with Crippen LogP contribution < -0.4 is 48.7 Å². The molecule has 722 valence electrons. The average molecular weight is 1900 g/mol. The Bertz CT molecular complexity index is 6870. The number of para-hydroxylation sites is 20. The number of anilines is 19. The third kappa shape index (κ3) is 19.8. The van der Waals surface area contributed by atoms with Gasteiger partial charge in [0, 0.05) is 98.6 Å². The molecule has 0 saturated carbocycles. The first-order valence-electron chi connectivity index (χ1n) is 51.0. The van der Waals surface area contributed by atoms with Crippen molar-refractivity contribution in [3.8, 4) is 23.0 Å². The molecule has 0 radical (unpaired) electrons. The number of ether oxygens (including phenoxy) is 2. The molecule has 7 aliphatic heterocycles. The summed E-state index contributed by atoms with van der Waals surface area (Å²) in [6, 6.07) is 148. The Morgan fingerprint density at radius 1 is 0.217 bits per heavy atom. The van der Waals surface area contributed by atoms with Gasteiger partial charge in [-0.3, -0.25) is 0 Å². The van der Waals surface area contributed by atoms with E-state index in [1.54, 1.807) is 0 Å². The van der Waals surface area contributed by atoms with Gasteiger partial charge >= 0.3 is 0 Å². The van der Waals surface area contributed by atoms with Crippen LogP contribution in [0.5, 0.6) is 23.0 Å². The minimum atomic E-state index is 0.00155. The van der Waals surface area contributed by atoms with Crippen LogP contribution in [0.25, 0.3) is 0 Å². The first kappa shape index (κ1) is 98.3. The van der Waals surface area contributed by atoms with E-state index in [1.807, 2.05) is 84.6 Å². The van der Waals surface area contributed by atoms with Gasteiger partial charge in [0.1, 0.15) is 0 Å². The van der Waals surface area contributed by atoms with E-state index in [1.165, 1.54) is 139 Å². The molecule has 0 saturated heterocycles. The van der Waals surface area contributed by atoms with Crippen molar-refractivity contribution in [3.05, 3.63) is 463 Å². The maximum absolute atomic E-state index is 6.05. The summed E-state index contributed by atoms with van der Waals surface area (Å²) in [7, 11) is 4.30. The van der Waals surface area contributed by atoms with Gasteiger partial charge in [-0.15, -0.1) is 0 Å². The summed E-state index contributed by atoms with van der Waals surface area (Å²) in [6.07, 6.45) is 0. The van der Waals surface area contributed by atoms with Gasteiger partial charge in [-0.1, -0.05) is 338 Å². The lowest BCUT2D eigenvalue weighted by Crippen LogP contribution is -2.36. The topological polar surface area (TPSA) is 44.4 Å². The molecule has 7 aliphatic rings. The van der Waals surface area contributed by atoms with Crippen molar-refractivity contribution in [2.75, 3.05) is 53.3 Å². The molecular formula is C132H136N8O2S. The highest BCUT2D eigenvalue weighted by molar-refractivity contribution is 7.99. The van der Waals surface area contributed by atoms with E-state index in [0.29, 0.717) is 47.7 Å². The van der Waals surface area contributed by atoms with Gasteiger partial charge in [0.05, 0.1) is 68.2 Å². The van der Waals surface area contributed by atoms with Crippen molar-refractivity contribution in [1.29, 1.82) is 0 Å². The van der Waals surface area contributed by atoms with Crippen molar-refractivity contribution in [1.82, 2.24) is 0 Å². The summed E-state index contributed by atoms with van der Waals surface area (Å²) in [5, 5.41) is 0. The standard InChI is InChI=1S/C24H25N.C22H22N2.C21H19NO.C18H21N.C17H19N.C15H15NO.C15H15NS/c1-17(2)18-13-15-19(16-14-18)25-22-11-7-5-9-20(22)24(3,4)21-10-6-8-12-23(21)25;1-16(2)17-12-14-18(15-13-17)24-21-10-6-4-8-19(21)23(3)20-9-5-7-11-22(20)24;1-15(2)16-11-13-17(14-12-16)22-18-7-3-5-9-20(18)23-21-10-6-4-8-19(21)22;1-13(2)19-16-11-7-5-9-14(16)18(3,4)15-10-6-8-12-17(15)19;1-12(2)17-13-8-4-6-10-15(13)18(3)16-11-7-5-9-14(16)17;2*1-11(2)16-12-7-3-5-9-14(12)17-15-10-6-4-8-13(15)16/h5-17H,1-4H3;4-16H,1-3H3;3-15H,1-2H3;5-13H,1-4H3;4-12,17H,1-3H3;2*3-11H,1-2H3. The lowest BCUT2D eigenvalue weighted by atomic mass is 9.73. The minimum Gasteiger partial charge on any atom is -0.453 e. The third-order valence-corrected chi connectivity index (χ3v) is 29.7. The molecule has 7 heterocycles. The number of nitrogens with zero attached hydrogens (tertiary/aromatic N) is 8. The quantitative estimate of drug-likeness (QED) is 0.132. The summed E-state index contributed by atoms with van der Waals surface area (Å²) in [6.45, 7) is 40.7. The number of hydrogen-bond donors (Lipinski definition) is 0. The summed E-state index contributed by atoms with van der Waals surface area (Å²) in [4.78, 5) is 21.5. The molecule has 10 nitrogen and oxygen atoms in total. The van der Waals surface area contributed by atoms with Crippen LogP contribution in [0.4, 0.5) is 108 Å². The fourth-order valence-corrected chi connectivity index (χ4v) is 22.4. The van der Waals surface area contributed by atoms with E-state index < -0.39 is 0 Å². The molecule has 17 aromatic carbocycles. The van der Waals surface area contributed by atoms with Crippen LogP contribution >= 0.6 is 11.8 Å². The molecule has 0 unspecified atom stereocenters. The van der Waals surface area contributed by atoms with E-state index >= 15 is 0 Å². The Morgan fingerprint density at radius 2 is 0.441 bits per heavy atom. The zero-order valence-corrected chi connectivity index (χ0v) is 87.5. The van der Waals surface area contributed by atoms with Gasteiger partial charge in [0.25, 0.3) is 0 Å². The Kier molecular flexibility index (Phi) is 29.2. The molecule has 0 amide bonds. The Balaban J connectivity index is 0.000000110. The second-order valence-corrected chi connectivity index (χ2v) is 42.1. The molecule has 0 aromatic heterocycles. The van der Waals surface area contributed by atoms with Gasteiger partial charge in [0.2, 0.25) is 0 Å². The number of hydrogen-bond acceptors (Lipinski definition) is 11. The lowest BCUT2D eigenvalue weighted by Gasteiger charge is -2.43. The summed E-state index contributed by atoms with van der Waals surface area (Å²) in [5.74, 6) is 6.39. The molecule has 0 aliphatic carbocycles. The average Bonchev–Trinajstić information content (AvgIpc) is 0.727. The van der Waals surface area contributed by atoms with E-state index in [0.717, 1.165) is 51.4 Å². The molecule has 0 bridgehead atoms. The SMILES string of the molecule is CC(C)C1c2ccccc2N(C)c2ccccc21.CC(C)N1c2ccccc2C(C)(C)c2ccccc21.CC(C)N1c2ccccc2Oc2ccccc21.CC(C)N1c2ccccc2Sc2ccccc21.CC(C)c1ccc(N2c3ccccc3C(C)(C)c3ccccc32)cc1.CC(C)c1ccc(N2c3ccccc3N(C)c3ccccc32)cc1.CC(C)c1ccc(N2c3ccccc3Oc3ccccc32)cc1. The zero-order chi connectivity index (χ0) is 100. The highest BCUT2D eigenvalue weighted by atomic mass is 32.2. The van der Waals surface area contributed by atoms with Crippen LogP contribution in [0.2, 0.25) is 0 Å². The minimum absolute atomic E-state index is 0.00155. The molecule has 11 heteroatoms. The van der Waals surface area contributed by atoms with Gasteiger partial charge in [-0.25, -0.2) is 0 Å². The fraction of sp³-hybridized carbons (Fsp3) is 0.227. The van der Waals surface area contributed by atoms with Gasteiger partial charge in [-0.2, -0.15) is 0 Å². The normalized spacial score (nSPS) is 14.0. The highest BCUT2D eigenvalue weighted by Crippen LogP contribution is 2.58. The van der Waals surface area contributed by atoms with Crippen molar-refractivity contribution in [2.45, 2.75) is 187 Å². The highest BCUT2D eigenvalue weighted by Gasteiger charge is 2.40. The van der Waals surface area contributed by atoms with Gasteiger partial charge < -0.3 is 48.7 Å². The van der Waals surface area contributed by atoms with Gasteiger partial charge in [0.15, 0.2) is 23.0 Å². The molecule has 24 rings (SSSR count). The molecule has 0 N–H and O–H groups in total. The van der Waals surface area contributed by atoms with E-state index in [2.05, 4.69) is 518 Å². The molecule has 0 fully saturated rings. The van der Waals surface area contributed by atoms with Crippen molar-refractivity contribution < 1.29 is 9.47 Å². The van der Waals surface area contributed by atoms with E-state index in [-0.39, 0.29) is 10.8 Å². The van der Waals surface area contributed by atoms with Crippen LogP contribution in [0.15, 0.2) is 422 Å². The van der Waals surface area contributed by atoms with Gasteiger partial charge in [-0.05, 0) is 285 Å². The fourth-order valence-electron chi connectivity index (χ4n) is 21.3. The monoisotopic (exact) mass is 1900 g/mol. The second kappa shape index (κ2) is 42.5. The van der Waals surface area contributed by atoms with Crippen LogP contribution in [0.1, 0.15) is 198 Å². The third-order valence-electron chi connectivity index (χ3n) is 28.6. The first-order chi connectivity index (χ1) is 69.2. The van der Waals surface area contributed by atoms with Crippen LogP contribution in [0.3, 0.4) is 0 Å². The van der Waals surface area contributed by atoms with Crippen molar-refractivity contribution in [2.24, 2.45) is 5.92 Å². The Labute approximate surface area is 855 Å². The van der Waals surface area contributed by atoms with Crippen molar-refractivity contribution in [3.63, 3.8) is 0 Å². The largest absolute Gasteiger partial charge is 0.453 e. The van der Waals surface area contributed by atoms with Crippen LogP contribution in [-0.2, 0) is 10.8 Å². The summed E-state index contributed by atoms with van der Waals surface area (Å²) in [5.41, 5.74) is 36.1. The Morgan fingerprint density at radius 3 is 0.769 bits per heavy atom. The molecule has 0 spiro atoms. The predicted octanol–water partition coefficient (Wildman–Crippen LogP) is 38.1. The Hall–Kier alpha value is -14.9. The van der Waals surface area contributed by atoms with Crippen molar-refractivity contribution >= 4 is 120 Å². The molecule has 143 heavy (non-hydrogen) atoms. The van der Waals surface area contributed by atoms with Crippen LogP contribution in [0, 0.1) is 5.92 Å². The van der Waals surface area contributed by atoms with Crippen LogP contribution in [-0.4, -0.2) is 32.2 Å². The molecule has 17 aromatic rings. The lowest BCUT2D eigenvalue weighted by molar-refractivity contribution is 0.469. The summed E-state index contributed by atoms with van der Waals surface area (Å²) < 4.78 is 12.0. The predicted molar refractivity (Wildman–Crippen MR) is 610 cm³/mol. The zero-order valence-electron chi connectivity index (χ0n) is 86.7.